The molecule has 5 heteroatoms. The highest BCUT2D eigenvalue weighted by Crippen LogP contribution is 2.46. The summed E-state index contributed by atoms with van der Waals surface area (Å²) in [6.45, 7) is 12.5. The summed E-state index contributed by atoms with van der Waals surface area (Å²) in [5, 5.41) is 0. The first-order valence-electron chi connectivity index (χ1n) is 4.07. The number of hydrogen-bond donors (Lipinski definition) is 0. The van der Waals surface area contributed by atoms with E-state index in [-0.39, 0.29) is 9.49 Å². The summed E-state index contributed by atoms with van der Waals surface area (Å²) >= 11 is 0. The summed E-state index contributed by atoms with van der Waals surface area (Å²) in [6.07, 6.45) is 0. The average molecular weight is 258 g/mol. The molecular formula is C8H18OS4. The molecule has 0 aromatic rings. The second-order valence-electron chi connectivity index (χ2n) is 4.68. The minimum Gasteiger partial charge on any atom is -0.247 e. The molecule has 0 radical (unpaired) electrons. The standard InChI is InChI=1S/C8H18OS4/c1-7(2,3)10-11-12-13(9)8(4,5)6/h1-6H3. The van der Waals surface area contributed by atoms with Crippen molar-refractivity contribution in [2.75, 3.05) is 0 Å². The van der Waals surface area contributed by atoms with Crippen molar-refractivity contribution in [1.29, 1.82) is 0 Å². The maximum atomic E-state index is 11.6. The van der Waals surface area contributed by atoms with E-state index in [1.54, 1.807) is 20.6 Å². The van der Waals surface area contributed by atoms with Gasteiger partial charge in [-0.3, -0.25) is 0 Å². The molecule has 0 saturated heterocycles. The zero-order valence-electron chi connectivity index (χ0n) is 9.04. The fourth-order valence-corrected chi connectivity index (χ4v) is 8.68. The summed E-state index contributed by atoms with van der Waals surface area (Å²) in [7, 11) is 4.04. The van der Waals surface area contributed by atoms with Gasteiger partial charge in [0.25, 0.3) is 0 Å². The Kier molecular flexibility index (Phi) is 5.82. The molecule has 0 aromatic carbocycles. The average Bonchev–Trinajstić information content (AvgIpc) is 1.82. The van der Waals surface area contributed by atoms with Crippen molar-refractivity contribution < 1.29 is 4.21 Å². The van der Waals surface area contributed by atoms with Gasteiger partial charge < -0.3 is 0 Å². The van der Waals surface area contributed by atoms with Crippen LogP contribution < -0.4 is 0 Å². The Bertz CT molecular complexity index is 178. The Morgan fingerprint density at radius 3 is 1.77 bits per heavy atom. The van der Waals surface area contributed by atoms with E-state index in [1.165, 1.54) is 9.83 Å². The largest absolute Gasteiger partial charge is 0.247 e. The molecule has 0 fully saturated rings. The first kappa shape index (κ1) is 14.2. The first-order valence-corrected chi connectivity index (χ1v) is 9.22. The van der Waals surface area contributed by atoms with Gasteiger partial charge in [0.1, 0.15) is 0 Å². The van der Waals surface area contributed by atoms with Crippen molar-refractivity contribution >= 4 is 40.3 Å². The Morgan fingerprint density at radius 2 is 1.46 bits per heavy atom. The second-order valence-corrected chi connectivity index (χ2v) is 12.7. The first-order chi connectivity index (χ1) is 5.63. The van der Waals surface area contributed by atoms with Gasteiger partial charge in [0.2, 0.25) is 0 Å². The normalized spacial score (nSPS) is 15.8. The van der Waals surface area contributed by atoms with Crippen molar-refractivity contribution in [2.24, 2.45) is 0 Å². The highest BCUT2D eigenvalue weighted by atomic mass is 33.7. The minimum absolute atomic E-state index is 0.115. The fraction of sp³-hybridized carbons (Fsp3) is 1.00. The predicted molar refractivity (Wildman–Crippen MR) is 70.4 cm³/mol. The van der Waals surface area contributed by atoms with E-state index < -0.39 is 9.83 Å². The monoisotopic (exact) mass is 258 g/mol. The van der Waals surface area contributed by atoms with Gasteiger partial charge >= 0.3 is 0 Å². The molecule has 0 saturated carbocycles. The van der Waals surface area contributed by atoms with Crippen molar-refractivity contribution in [3.63, 3.8) is 0 Å². The molecule has 13 heavy (non-hydrogen) atoms. The quantitative estimate of drug-likeness (QED) is 0.703. The molecule has 0 spiro atoms. The Labute approximate surface area is 95.2 Å². The van der Waals surface area contributed by atoms with E-state index in [9.17, 15) is 4.21 Å². The van der Waals surface area contributed by atoms with Crippen LogP contribution in [0.25, 0.3) is 0 Å². The lowest BCUT2D eigenvalue weighted by atomic mass is 10.3. The third-order valence-electron chi connectivity index (χ3n) is 0.874. The van der Waals surface area contributed by atoms with Crippen LogP contribution in [-0.2, 0) is 9.83 Å². The van der Waals surface area contributed by atoms with Crippen LogP contribution >= 0.6 is 30.4 Å². The van der Waals surface area contributed by atoms with Crippen molar-refractivity contribution in [3.05, 3.63) is 0 Å². The van der Waals surface area contributed by atoms with Gasteiger partial charge in [-0.1, -0.05) is 31.6 Å². The van der Waals surface area contributed by atoms with E-state index in [2.05, 4.69) is 20.8 Å². The molecular weight excluding hydrogens is 240 g/mol. The van der Waals surface area contributed by atoms with Gasteiger partial charge in [0, 0.05) is 19.3 Å². The summed E-state index contributed by atoms with van der Waals surface area (Å²) in [4.78, 5) is 0. The summed E-state index contributed by atoms with van der Waals surface area (Å²) in [6, 6.07) is 0. The van der Waals surface area contributed by atoms with E-state index in [0.29, 0.717) is 0 Å². The fourth-order valence-electron chi connectivity index (χ4n) is 0.243. The van der Waals surface area contributed by atoms with Crippen molar-refractivity contribution in [3.8, 4) is 0 Å². The molecule has 0 N–H and O–H groups in total. The summed E-state index contributed by atoms with van der Waals surface area (Å²) < 4.78 is 11.7. The number of rotatable bonds is 3. The van der Waals surface area contributed by atoms with Crippen LogP contribution in [0.2, 0.25) is 0 Å². The molecule has 0 aliphatic rings. The Hall–Kier alpha value is 1.20. The van der Waals surface area contributed by atoms with Crippen LogP contribution in [0, 0.1) is 0 Å². The third kappa shape index (κ3) is 8.21. The third-order valence-corrected chi connectivity index (χ3v) is 10.1. The predicted octanol–water partition coefficient (Wildman–Crippen LogP) is 4.28. The zero-order valence-corrected chi connectivity index (χ0v) is 12.3. The molecule has 0 amide bonds. The van der Waals surface area contributed by atoms with Gasteiger partial charge in [-0.15, -0.1) is 0 Å². The van der Waals surface area contributed by atoms with Crippen LogP contribution in [-0.4, -0.2) is 13.7 Å². The molecule has 0 rings (SSSR count). The SMILES string of the molecule is CC(C)(C)SSSS(=O)C(C)(C)C. The lowest BCUT2D eigenvalue weighted by molar-refractivity contribution is 0.661. The van der Waals surface area contributed by atoms with E-state index in [1.807, 2.05) is 20.8 Å². The van der Waals surface area contributed by atoms with Crippen molar-refractivity contribution in [2.45, 2.75) is 51.0 Å². The molecule has 80 valence electrons. The maximum Gasteiger partial charge on any atom is 0.0973 e. The molecule has 0 aliphatic heterocycles. The Balaban J connectivity index is 3.74. The van der Waals surface area contributed by atoms with E-state index in [4.69, 9.17) is 0 Å². The lowest BCUT2D eigenvalue weighted by Gasteiger charge is -2.18. The Morgan fingerprint density at radius 1 is 1.00 bits per heavy atom. The van der Waals surface area contributed by atoms with Crippen LogP contribution in [0.15, 0.2) is 0 Å². The van der Waals surface area contributed by atoms with Crippen LogP contribution in [0.1, 0.15) is 41.5 Å². The topological polar surface area (TPSA) is 17.1 Å². The number of hydrogen-bond acceptors (Lipinski definition) is 4. The van der Waals surface area contributed by atoms with E-state index >= 15 is 0 Å². The molecule has 0 aliphatic carbocycles. The van der Waals surface area contributed by atoms with E-state index in [0.717, 1.165) is 0 Å². The lowest BCUT2D eigenvalue weighted by Crippen LogP contribution is -2.17. The minimum atomic E-state index is -0.813. The van der Waals surface area contributed by atoms with Gasteiger partial charge in [0.15, 0.2) is 0 Å². The summed E-state index contributed by atoms with van der Waals surface area (Å²) in [5.74, 6) is 0. The molecule has 0 bridgehead atoms. The van der Waals surface area contributed by atoms with Gasteiger partial charge in [-0.05, 0) is 30.6 Å². The second kappa shape index (κ2) is 5.33. The van der Waals surface area contributed by atoms with Gasteiger partial charge in [0.05, 0.1) is 9.83 Å². The highest BCUT2D eigenvalue weighted by Gasteiger charge is 2.21. The van der Waals surface area contributed by atoms with Gasteiger partial charge in [-0.25, -0.2) is 4.21 Å². The highest BCUT2D eigenvalue weighted by molar-refractivity contribution is 9.24. The molecule has 1 unspecified atom stereocenters. The van der Waals surface area contributed by atoms with Crippen LogP contribution in [0.3, 0.4) is 0 Å². The van der Waals surface area contributed by atoms with Gasteiger partial charge in [-0.2, -0.15) is 0 Å². The molecule has 1 nitrogen and oxygen atoms in total. The molecule has 0 heterocycles. The molecule has 1 atom stereocenters. The van der Waals surface area contributed by atoms with Crippen LogP contribution in [0.4, 0.5) is 0 Å². The molecule has 0 aromatic heterocycles. The van der Waals surface area contributed by atoms with Crippen molar-refractivity contribution in [1.82, 2.24) is 0 Å². The smallest absolute Gasteiger partial charge is 0.0973 e. The van der Waals surface area contributed by atoms with Crippen LogP contribution in [0.5, 0.6) is 0 Å². The zero-order chi connectivity index (χ0) is 10.7. The maximum absolute atomic E-state index is 11.6. The summed E-state index contributed by atoms with van der Waals surface area (Å²) in [5.41, 5.74) is 0.